The fraction of sp³-hybridized carbons (Fsp3) is 0.359. The Morgan fingerprint density at radius 1 is 0.548 bits per heavy atom. The Hall–Kier alpha value is -12.3. The van der Waals surface area contributed by atoms with Crippen LogP contribution in [0.4, 0.5) is 5.13 Å². The molecule has 0 saturated carbocycles. The summed E-state index contributed by atoms with van der Waals surface area (Å²) in [6.45, 7) is 27.0. The van der Waals surface area contributed by atoms with E-state index in [9.17, 15) is 72.2 Å². The molecular weight excluding hydrogens is 1840 g/mol. The summed E-state index contributed by atoms with van der Waals surface area (Å²) in [6.07, 6.45) is -6.33. The molecule has 14 N–H and O–H groups in total. The zero-order valence-electron chi connectivity index (χ0n) is 79.0. The summed E-state index contributed by atoms with van der Waals surface area (Å²) >= 11 is 13.2. The Morgan fingerprint density at radius 2 is 0.913 bits per heavy atom. The molecule has 0 aliphatic heterocycles. The van der Waals surface area contributed by atoms with E-state index >= 15 is 0 Å². The predicted molar refractivity (Wildman–Crippen MR) is 483 cm³/mol. The van der Waals surface area contributed by atoms with Crippen molar-refractivity contribution in [2.75, 3.05) is 11.9 Å². The maximum atomic E-state index is 10.7. The van der Waals surface area contributed by atoms with Crippen molar-refractivity contribution in [1.82, 2.24) is 88.1 Å². The number of benzene rings is 2. The zero-order valence-corrected chi connectivity index (χ0v) is 77.3. The average molecular weight is 1950 g/mol. The molecule has 1 aliphatic carbocycles. The molecule has 7 aromatic heterocycles. The Labute approximate surface area is 776 Å². The van der Waals surface area contributed by atoms with Crippen LogP contribution in [0.3, 0.4) is 0 Å². The van der Waals surface area contributed by atoms with E-state index in [0.29, 0.717) is 52.9 Å². The van der Waals surface area contributed by atoms with E-state index in [1.165, 1.54) is 111 Å². The zero-order chi connectivity index (χ0) is 103. The van der Waals surface area contributed by atoms with Gasteiger partial charge in [-0.15, -0.1) is 79.4 Å². The number of alkyl halides is 1. The maximum Gasteiger partial charge on any atom is 0.373 e. The number of carboxylic acid groups (broad SMARTS) is 1. The van der Waals surface area contributed by atoms with Gasteiger partial charge < -0.3 is 79.4 Å². The number of halogens is 1. The topological polar surface area (TPSA) is 608 Å². The molecule has 0 spiro atoms. The Bertz CT molecular complexity index is 5130. The molecule has 2 aromatic carbocycles. The highest BCUT2D eigenvalue weighted by Crippen LogP contribution is 2.44. The number of aryl methyl sites for hydroxylation is 3. The number of aliphatic hydroxyl groups excluding tert-OH is 1. The largest absolute Gasteiger partial charge is 0.480 e. The van der Waals surface area contributed by atoms with Crippen LogP contribution in [0.25, 0.3) is 16.7 Å². The van der Waals surface area contributed by atoms with Crippen LogP contribution in [0.2, 0.25) is 0 Å². The summed E-state index contributed by atoms with van der Waals surface area (Å²) in [4.78, 5) is 195. The number of aliphatic carboxylic acids is 1. The van der Waals surface area contributed by atoms with E-state index in [1.807, 2.05) is 72.0 Å². The normalized spacial score (nSPS) is 13.1. The van der Waals surface area contributed by atoms with Gasteiger partial charge in [-0.3, -0.25) is 67.1 Å². The van der Waals surface area contributed by atoms with E-state index in [0.717, 1.165) is 42.8 Å². The maximum absolute atomic E-state index is 10.7. The van der Waals surface area contributed by atoms with E-state index < -0.39 is 87.4 Å². The molecular formula is C78H102BrN21O19S7. The smallest absolute Gasteiger partial charge is 0.373 e. The number of carbonyl (C=O) groups excluding carboxylic acids is 15. The van der Waals surface area contributed by atoms with Gasteiger partial charge in [0.05, 0.1) is 127 Å². The molecule has 10 atom stereocenters. The van der Waals surface area contributed by atoms with Gasteiger partial charge >= 0.3 is 18.3 Å². The SMILES string of the molecule is Cc1nc(C(C)N)cs1.O=C=O.OCC1c2ccccc2-c2ccccc21.[2H]C(=O)NC(C)C(=O)C=[N+]=[N-].[2H]C(=O)NC(C)C(=O)CBr.[2H]C(=O)NC(C)C(=O)O.[2H]C(=O)NC(C)c1csc(C)n1.[2H]C(=O)NC(C)c1csc(C)n1.[2H]C(=O)NC(C)c1csc(CNC=O)n1.[2H]C(=O)NC(C)c1csc(COC=O)n1.[2H]C(=O)NC(C)c1csc(N=C)n1.[2H]C(=O)NC(C)c1cscn1. The number of aliphatic imine (C=N–C) groups is 1. The lowest BCUT2D eigenvalue weighted by atomic mass is 9.98. The first-order valence-electron chi connectivity index (χ1n) is 40.7. The second kappa shape index (κ2) is 71.0. The molecule has 10 unspecified atom stereocenters. The molecule has 48 heteroatoms. The lowest BCUT2D eigenvalue weighted by Crippen LogP contribution is -2.33. The number of ether oxygens (including phenoxy) is 1. The van der Waals surface area contributed by atoms with Gasteiger partial charge in [-0.25, -0.2) is 39.9 Å². The lowest BCUT2D eigenvalue weighted by Gasteiger charge is -2.08. The second-order valence-electron chi connectivity index (χ2n) is 24.3. The number of hydrogen-bond donors (Lipinski definition) is 13. The minimum atomic E-state index is -1.14. The van der Waals surface area contributed by atoms with Crippen LogP contribution >= 0.6 is 95.3 Å². The van der Waals surface area contributed by atoms with Gasteiger partial charge in [0.2, 0.25) is 69.0 Å². The van der Waals surface area contributed by atoms with Crippen LogP contribution in [0.15, 0.2) is 96.7 Å². The minimum Gasteiger partial charge on any atom is -0.480 e. The number of carboxylic acids is 1. The Morgan fingerprint density at radius 3 is 1.24 bits per heavy atom. The number of thiazole rings is 7. The fourth-order valence-corrected chi connectivity index (χ4v) is 14.0. The number of rotatable bonds is 29. The minimum absolute atomic E-state index is 0.0787. The number of aliphatic hydroxyl groups is 1. The number of nitrogens with two attached hydrogens (primary N) is 1. The van der Waals surface area contributed by atoms with Gasteiger partial charge in [0, 0.05) is 49.6 Å². The number of nitrogens with zero attached hydrogens (tertiary/aromatic N) is 10. The van der Waals surface area contributed by atoms with Gasteiger partial charge in [-0.05, 0) is 119 Å². The van der Waals surface area contributed by atoms with Gasteiger partial charge in [0.1, 0.15) is 35.0 Å². The highest BCUT2D eigenvalue weighted by atomic mass is 79.9. The van der Waals surface area contributed by atoms with E-state index in [1.54, 1.807) is 74.5 Å². The van der Waals surface area contributed by atoms with Crippen molar-refractivity contribution >= 4 is 207 Å². The van der Waals surface area contributed by atoms with Gasteiger partial charge in [0.25, 0.3) is 12.3 Å². The number of Topliss-reactive ketones (excluding diaryl/α,β-unsaturated/α-hetero) is 2. The first kappa shape index (κ1) is 99.1. The monoisotopic (exact) mass is 1950 g/mol. The molecule has 10 amide bonds. The van der Waals surface area contributed by atoms with Crippen LogP contribution in [0.1, 0.15) is 206 Å². The molecule has 9 aromatic rings. The number of aromatic nitrogens is 7. The van der Waals surface area contributed by atoms with E-state index in [4.69, 9.17) is 38.3 Å². The third-order valence-corrected chi connectivity index (χ3v) is 21.1. The lowest BCUT2D eigenvalue weighted by molar-refractivity contribution is -0.192. The quantitative estimate of drug-likeness (QED) is 0.00708. The van der Waals surface area contributed by atoms with Gasteiger partial charge in [-0.1, -0.05) is 64.5 Å². The highest BCUT2D eigenvalue weighted by molar-refractivity contribution is 9.09. The number of hydrogen-bond acceptors (Lipinski definition) is 34. The molecule has 40 nitrogen and oxygen atoms in total. The summed E-state index contributed by atoms with van der Waals surface area (Å²) in [7, 11) is 0. The summed E-state index contributed by atoms with van der Waals surface area (Å²) in [5.41, 5.74) is 25.7. The number of ketones is 2. The van der Waals surface area contributed by atoms with Crippen molar-refractivity contribution in [1.29, 1.82) is 0 Å². The molecule has 1 aliphatic rings. The van der Waals surface area contributed by atoms with Crippen LogP contribution in [0, 0.1) is 20.8 Å². The number of carbonyl (C=O) groups is 14. The third-order valence-electron chi connectivity index (χ3n) is 15.1. The summed E-state index contributed by atoms with van der Waals surface area (Å²) in [6, 6.07) is 13.0. The van der Waals surface area contributed by atoms with Gasteiger partial charge in [-0.2, -0.15) is 14.4 Å². The van der Waals surface area contributed by atoms with Crippen molar-refractivity contribution in [3.05, 3.63) is 173 Å². The molecule has 7 heterocycles. The van der Waals surface area contributed by atoms with Crippen molar-refractivity contribution in [2.24, 2.45) is 10.7 Å². The van der Waals surface area contributed by atoms with Crippen molar-refractivity contribution in [2.45, 2.75) is 169 Å². The van der Waals surface area contributed by atoms with Crippen LogP contribution in [0.5, 0.6) is 0 Å². The van der Waals surface area contributed by atoms with Crippen molar-refractivity contribution < 1.29 is 109 Å². The average Bonchev–Trinajstić information content (AvgIpc) is 1.62. The first-order chi connectivity index (χ1) is 63.5. The van der Waals surface area contributed by atoms with Crippen LogP contribution in [-0.4, -0.2) is 187 Å². The van der Waals surface area contributed by atoms with E-state index in [-0.39, 0.29) is 78.7 Å². The van der Waals surface area contributed by atoms with Crippen LogP contribution in [-0.2, 0) is 94.6 Å². The number of amides is 10. The molecule has 10 rings (SSSR count). The molecule has 0 radical (unpaired) electrons. The van der Waals surface area contributed by atoms with Crippen molar-refractivity contribution in [3.63, 3.8) is 0 Å². The highest BCUT2D eigenvalue weighted by Gasteiger charge is 2.27. The molecule has 0 bridgehead atoms. The molecule has 682 valence electrons. The van der Waals surface area contributed by atoms with Crippen LogP contribution < -0.4 is 58.9 Å². The molecule has 0 saturated heterocycles. The van der Waals surface area contributed by atoms with E-state index in [2.05, 4.69) is 151 Å². The summed E-state index contributed by atoms with van der Waals surface area (Å²) < 4.78 is 63.9. The molecule has 0 fully saturated rings. The fourth-order valence-electron chi connectivity index (χ4n) is 8.35. The standard InChI is InChI=1S/C14H12O.C8H11N3O2S.C8H10N2O3S.C7H9N3OS.2C7H10N2OS.C6H8N2OS.C6H10N2S.C5H8BrNO2.C5H7N3O2.C4H7NO3.CO2/c15-9-14-12-7-3-1-5-10(12)11-6-2-4-8-13(11)14;1-6(10-5-13)7-3-14-8(11-7)2-9-4-12;1-6(9-4-11)7-3-14-8(10-7)2-13-5-12;1-5(9-4-11)6-3-12-7(8-2)10-6;2*1-5(8-4-10)7-3-11-6(2)9-7;1-5(7-3-9)6-2-10-4-8-6;1-4(7)6-3-9-5(2)8-6;1-4(7-3-8)5(9)2-6;1-4(7-3-9)5(10)2-8-6;1-3(4(7)8)5-2-6;2-1-3/h1-8,14-15H,9H2;3-6H,2H2,1H3,(H,9,12)(H,10,13);3-6H,2H2,1H3,(H,9,11);3-5H,2H2,1H3,(H,9,11);2*3-5H,1-2H3,(H,8,10);2-5H,1H3,(H,7,9);3-4H,7H2,1-2H3;3-4H,2H2,1H3,(H,7,8);2-4H,1H3,(H,7,9);2-3H,1H3,(H,5,6)(H,7,8);/i;5D;4*4D;3D;;2*3D;2D;. The Kier molecular flexibility index (Phi) is 55.8. The number of nitrogens with one attached hydrogen (secondary N) is 10. The van der Waals surface area contributed by atoms with Gasteiger partial charge in [0.15, 0.2) is 5.78 Å². The summed E-state index contributed by atoms with van der Waals surface area (Å²) in [5.74, 6) is -1.68. The first-order valence-corrected chi connectivity index (χ1v) is 43.5. The Balaban J connectivity index is 0. The van der Waals surface area contributed by atoms with Crippen molar-refractivity contribution in [3.8, 4) is 11.1 Å². The predicted octanol–water partition coefficient (Wildman–Crippen LogP) is 7.53. The molecule has 126 heavy (non-hydrogen) atoms. The number of fused-ring (bicyclic) bond motifs is 3. The summed E-state index contributed by atoms with van der Waals surface area (Å²) in [5, 5.41) is 58.8. The third kappa shape index (κ3) is 49.2. The second-order valence-corrected chi connectivity index (χ2v) is 31.5.